The molecule has 5 nitrogen and oxygen atoms in total. The Balaban J connectivity index is 0.000000396. The predicted octanol–water partition coefficient (Wildman–Crippen LogP) is 2.77. The first kappa shape index (κ1) is 17.4. The van der Waals surface area contributed by atoms with Gasteiger partial charge in [-0.25, -0.2) is 9.59 Å². The number of carboxylic acid groups (broad SMARTS) is 1. The number of hydrogen-bond donors (Lipinski definition) is 2. The van der Waals surface area contributed by atoms with Crippen LogP contribution < -0.4 is 0 Å². The minimum atomic E-state index is -0.914. The van der Waals surface area contributed by atoms with Crippen LogP contribution >= 0.6 is 0 Å². The summed E-state index contributed by atoms with van der Waals surface area (Å²) in [6.07, 6.45) is 5.98. The first-order chi connectivity index (χ1) is 9.51. The van der Waals surface area contributed by atoms with Gasteiger partial charge in [0.1, 0.15) is 5.75 Å². The molecule has 0 aromatic heterocycles. The second kappa shape index (κ2) is 10.4. The summed E-state index contributed by atoms with van der Waals surface area (Å²) in [6.45, 7) is 3.93. The summed E-state index contributed by atoms with van der Waals surface area (Å²) in [5.41, 5.74) is 0.453. The number of ether oxygens (including phenoxy) is 1. The number of carboxylic acids is 1. The third kappa shape index (κ3) is 8.52. The van der Waals surface area contributed by atoms with E-state index in [0.29, 0.717) is 12.2 Å². The van der Waals surface area contributed by atoms with Gasteiger partial charge in [0.25, 0.3) is 0 Å². The fourth-order valence-corrected chi connectivity index (χ4v) is 1.06. The highest BCUT2D eigenvalue weighted by atomic mass is 16.5. The molecule has 0 fully saturated rings. The summed E-state index contributed by atoms with van der Waals surface area (Å²) in [7, 11) is 0. The van der Waals surface area contributed by atoms with Crippen molar-refractivity contribution in [3.63, 3.8) is 0 Å². The van der Waals surface area contributed by atoms with Crippen LogP contribution in [0.4, 0.5) is 0 Å². The molecule has 1 rings (SSSR count). The van der Waals surface area contributed by atoms with Gasteiger partial charge in [0.05, 0.1) is 12.2 Å². The number of phenolic OH excluding ortho intramolecular Hbond substituents is 1. The lowest BCUT2D eigenvalue weighted by atomic mass is 10.2. The molecule has 0 spiro atoms. The van der Waals surface area contributed by atoms with Crippen molar-refractivity contribution in [2.45, 2.75) is 13.8 Å². The first-order valence-corrected chi connectivity index (χ1v) is 5.99. The molecule has 1 aromatic rings. The smallest absolute Gasteiger partial charge is 0.338 e. The van der Waals surface area contributed by atoms with Gasteiger partial charge >= 0.3 is 11.9 Å². The number of benzene rings is 1. The Labute approximate surface area is 117 Å². The number of esters is 1. The van der Waals surface area contributed by atoms with E-state index in [2.05, 4.69) is 0 Å². The fourth-order valence-electron chi connectivity index (χ4n) is 1.06. The molecule has 0 unspecified atom stereocenters. The molecule has 20 heavy (non-hydrogen) atoms. The van der Waals surface area contributed by atoms with Crippen molar-refractivity contribution in [1.29, 1.82) is 0 Å². The molecule has 108 valence electrons. The maximum atomic E-state index is 11.1. The monoisotopic (exact) mass is 278 g/mol. The molecule has 2 N–H and O–H groups in total. The van der Waals surface area contributed by atoms with E-state index >= 15 is 0 Å². The van der Waals surface area contributed by atoms with Gasteiger partial charge in [0.15, 0.2) is 0 Å². The highest BCUT2D eigenvalue weighted by molar-refractivity contribution is 5.89. The van der Waals surface area contributed by atoms with Crippen LogP contribution in [0.5, 0.6) is 5.75 Å². The fraction of sp³-hybridized carbons (Fsp3) is 0.200. The number of hydrogen-bond acceptors (Lipinski definition) is 4. The normalized spacial score (nSPS) is 10.1. The molecule has 0 atom stereocenters. The highest BCUT2D eigenvalue weighted by Gasteiger charge is 2.04. The van der Waals surface area contributed by atoms with E-state index in [-0.39, 0.29) is 11.7 Å². The zero-order chi connectivity index (χ0) is 15.4. The van der Waals surface area contributed by atoms with Gasteiger partial charge < -0.3 is 14.9 Å². The van der Waals surface area contributed by atoms with Crippen LogP contribution in [0.2, 0.25) is 0 Å². The summed E-state index contributed by atoms with van der Waals surface area (Å²) in [5, 5.41) is 16.9. The Morgan fingerprint density at radius 3 is 2.25 bits per heavy atom. The number of rotatable bonds is 4. The minimum absolute atomic E-state index is 0.142. The average Bonchev–Trinajstić information content (AvgIpc) is 2.40. The first-order valence-electron chi connectivity index (χ1n) is 5.99. The predicted molar refractivity (Wildman–Crippen MR) is 75.7 cm³/mol. The van der Waals surface area contributed by atoms with Crippen molar-refractivity contribution >= 4 is 11.9 Å². The van der Waals surface area contributed by atoms with E-state index in [1.165, 1.54) is 30.3 Å². The van der Waals surface area contributed by atoms with E-state index in [1.54, 1.807) is 19.1 Å². The summed E-state index contributed by atoms with van der Waals surface area (Å²) in [5.74, 6) is -1.14. The average molecular weight is 278 g/mol. The molecule has 0 amide bonds. The molecule has 1 aromatic carbocycles. The molecule has 0 aliphatic rings. The van der Waals surface area contributed by atoms with Crippen molar-refractivity contribution in [3.05, 3.63) is 54.1 Å². The van der Waals surface area contributed by atoms with Crippen LogP contribution in [0.3, 0.4) is 0 Å². The van der Waals surface area contributed by atoms with E-state index < -0.39 is 5.97 Å². The quantitative estimate of drug-likeness (QED) is 0.502. The lowest BCUT2D eigenvalue weighted by Gasteiger charge is -2.00. The number of carbonyl (C=O) groups is 2. The van der Waals surface area contributed by atoms with E-state index in [0.717, 1.165) is 6.08 Å². The number of allylic oxidation sites excluding steroid dienone is 3. The molecule has 5 heteroatoms. The molecule has 0 aliphatic carbocycles. The summed E-state index contributed by atoms with van der Waals surface area (Å²) in [4.78, 5) is 20.8. The maximum Gasteiger partial charge on any atom is 0.338 e. The van der Waals surface area contributed by atoms with E-state index in [1.807, 2.05) is 6.92 Å². The Hall–Kier alpha value is -2.56. The maximum absolute atomic E-state index is 11.1. The van der Waals surface area contributed by atoms with Crippen molar-refractivity contribution in [2.75, 3.05) is 6.61 Å². The number of carbonyl (C=O) groups excluding carboxylic acids is 1. The van der Waals surface area contributed by atoms with E-state index in [9.17, 15) is 9.59 Å². The lowest BCUT2D eigenvalue weighted by molar-refractivity contribution is -0.131. The second-order valence-electron chi connectivity index (χ2n) is 3.49. The molecular weight excluding hydrogens is 260 g/mol. The molecule has 0 bridgehead atoms. The zero-order valence-corrected chi connectivity index (χ0v) is 11.4. The SMILES string of the molecule is C/C=C/C=C/C(=O)O.CCOC(=O)c1ccc(O)cc1. The van der Waals surface area contributed by atoms with Crippen LogP contribution in [0.25, 0.3) is 0 Å². The standard InChI is InChI=1S/C9H10O3.C6H8O2/c1-2-12-9(11)7-3-5-8(10)6-4-7;1-2-3-4-5-6(7)8/h3-6,10H,2H2,1H3;2-5H,1H3,(H,7,8)/b;3-2+,5-4+. The van der Waals surface area contributed by atoms with Crippen LogP contribution in [-0.2, 0) is 9.53 Å². The number of aromatic hydroxyl groups is 1. The van der Waals surface area contributed by atoms with Crippen molar-refractivity contribution in [2.24, 2.45) is 0 Å². The van der Waals surface area contributed by atoms with Gasteiger partial charge in [-0.2, -0.15) is 0 Å². The van der Waals surface area contributed by atoms with Gasteiger partial charge in [0, 0.05) is 6.08 Å². The Morgan fingerprint density at radius 2 is 1.80 bits per heavy atom. The van der Waals surface area contributed by atoms with Crippen LogP contribution in [-0.4, -0.2) is 28.8 Å². The number of phenols is 1. The topological polar surface area (TPSA) is 83.8 Å². The van der Waals surface area contributed by atoms with Gasteiger partial charge in [0.2, 0.25) is 0 Å². The molecule has 0 saturated carbocycles. The third-order valence-electron chi connectivity index (χ3n) is 1.92. The van der Waals surface area contributed by atoms with Crippen LogP contribution in [0.15, 0.2) is 48.6 Å². The summed E-state index contributed by atoms with van der Waals surface area (Å²) in [6, 6.07) is 5.94. The molecule has 0 radical (unpaired) electrons. The molecule has 0 saturated heterocycles. The Kier molecular flexibility index (Phi) is 9.04. The Morgan fingerprint density at radius 1 is 1.20 bits per heavy atom. The van der Waals surface area contributed by atoms with Gasteiger partial charge in [-0.1, -0.05) is 18.2 Å². The van der Waals surface area contributed by atoms with Gasteiger partial charge in [-0.3, -0.25) is 0 Å². The third-order valence-corrected chi connectivity index (χ3v) is 1.92. The van der Waals surface area contributed by atoms with Crippen molar-refractivity contribution in [3.8, 4) is 5.75 Å². The van der Waals surface area contributed by atoms with Crippen molar-refractivity contribution < 1.29 is 24.5 Å². The molecule has 0 aliphatic heterocycles. The zero-order valence-electron chi connectivity index (χ0n) is 11.4. The lowest BCUT2D eigenvalue weighted by Crippen LogP contribution is -2.03. The van der Waals surface area contributed by atoms with E-state index in [4.69, 9.17) is 14.9 Å². The summed E-state index contributed by atoms with van der Waals surface area (Å²) < 4.78 is 4.75. The molecule has 0 heterocycles. The Bertz CT molecular complexity index is 472. The number of aliphatic carboxylic acids is 1. The second-order valence-corrected chi connectivity index (χ2v) is 3.49. The van der Waals surface area contributed by atoms with Crippen LogP contribution in [0, 0.1) is 0 Å². The largest absolute Gasteiger partial charge is 0.508 e. The van der Waals surface area contributed by atoms with Crippen molar-refractivity contribution in [1.82, 2.24) is 0 Å². The highest BCUT2D eigenvalue weighted by Crippen LogP contribution is 2.10. The summed E-state index contributed by atoms with van der Waals surface area (Å²) >= 11 is 0. The minimum Gasteiger partial charge on any atom is -0.508 e. The van der Waals surface area contributed by atoms with Crippen LogP contribution in [0.1, 0.15) is 24.2 Å². The molecular formula is C15H18O5. The van der Waals surface area contributed by atoms with Gasteiger partial charge in [-0.05, 0) is 38.1 Å². The van der Waals surface area contributed by atoms with Gasteiger partial charge in [-0.15, -0.1) is 0 Å².